The molecule has 8 nitrogen and oxygen atoms in total. The smallest absolute Gasteiger partial charge is 0.247 e. The van der Waals surface area contributed by atoms with Crippen LogP contribution >= 0.6 is 0 Å². The molecule has 0 spiro atoms. The Kier molecular flexibility index (Phi) is 7.08. The van der Waals surface area contributed by atoms with Crippen molar-refractivity contribution in [2.45, 2.75) is 70.2 Å². The third-order valence-corrected chi connectivity index (χ3v) is 7.19. The molecule has 1 aliphatic carbocycles. The van der Waals surface area contributed by atoms with Crippen LogP contribution in [0.3, 0.4) is 0 Å². The van der Waals surface area contributed by atoms with Gasteiger partial charge in [0.05, 0.1) is 11.6 Å². The molecule has 5 rings (SSSR count). The zero-order valence-corrected chi connectivity index (χ0v) is 20.2. The lowest BCUT2D eigenvalue weighted by Gasteiger charge is -2.34. The molecule has 1 aliphatic heterocycles. The number of ether oxygens (including phenoxy) is 1. The number of carbonyl (C=O) groups excluding carboxylic acids is 2. The summed E-state index contributed by atoms with van der Waals surface area (Å²) in [5.74, 6) is -0.299. The maximum Gasteiger partial charge on any atom is 0.247 e. The molecule has 1 N–H and O–H groups in total. The highest BCUT2D eigenvalue weighted by molar-refractivity contribution is 5.89. The highest BCUT2D eigenvalue weighted by atomic mass is 16.5. The normalized spacial score (nSPS) is 19.2. The Balaban J connectivity index is 1.49. The van der Waals surface area contributed by atoms with Crippen LogP contribution in [0, 0.1) is 6.92 Å². The molecule has 35 heavy (non-hydrogen) atoms. The van der Waals surface area contributed by atoms with Gasteiger partial charge in [-0.05, 0) is 55.9 Å². The van der Waals surface area contributed by atoms with E-state index in [4.69, 9.17) is 4.74 Å². The Hall–Kier alpha value is -3.26. The van der Waals surface area contributed by atoms with E-state index in [1.807, 2.05) is 55.5 Å². The van der Waals surface area contributed by atoms with Crippen molar-refractivity contribution in [3.05, 3.63) is 59.7 Å². The summed E-state index contributed by atoms with van der Waals surface area (Å²) in [6, 6.07) is 14.8. The van der Waals surface area contributed by atoms with Crippen molar-refractivity contribution in [2.75, 3.05) is 13.2 Å². The summed E-state index contributed by atoms with van der Waals surface area (Å²) in [7, 11) is 0. The van der Waals surface area contributed by atoms with Crippen LogP contribution in [-0.4, -0.2) is 57.0 Å². The molecule has 8 heteroatoms. The molecule has 0 bridgehead atoms. The number of aryl methyl sites for hydroxylation is 1. The largest absolute Gasteiger partial charge is 0.376 e. The molecule has 2 heterocycles. The predicted octanol–water partition coefficient (Wildman–Crippen LogP) is 3.55. The van der Waals surface area contributed by atoms with Gasteiger partial charge in [0.1, 0.15) is 18.1 Å². The lowest BCUT2D eigenvalue weighted by atomic mass is 9.97. The number of amides is 2. The van der Waals surface area contributed by atoms with E-state index in [2.05, 4.69) is 15.6 Å². The van der Waals surface area contributed by atoms with Gasteiger partial charge in [0, 0.05) is 19.2 Å². The number of benzene rings is 2. The minimum atomic E-state index is -0.733. The lowest BCUT2D eigenvalue weighted by molar-refractivity contribution is -0.143. The first-order chi connectivity index (χ1) is 17.1. The van der Waals surface area contributed by atoms with Crippen molar-refractivity contribution in [1.82, 2.24) is 25.2 Å². The number of aromatic nitrogens is 3. The number of para-hydroxylation sites is 1. The van der Waals surface area contributed by atoms with Crippen molar-refractivity contribution in [3.8, 4) is 0 Å². The SMILES string of the molecule is Cc1ccccc1[C@H](C(=O)NC1CCCC1)N(C[C@@H]1CCCO1)C(=O)Cn1nnc2ccccc21. The average Bonchev–Trinajstić information content (AvgIpc) is 3.63. The second kappa shape index (κ2) is 10.6. The lowest BCUT2D eigenvalue weighted by Crippen LogP contribution is -2.49. The molecular formula is C27H33N5O3. The van der Waals surface area contributed by atoms with E-state index in [1.54, 1.807) is 9.58 Å². The van der Waals surface area contributed by atoms with E-state index in [1.165, 1.54) is 0 Å². The Bertz CT molecular complexity index is 1180. The van der Waals surface area contributed by atoms with Crippen LogP contribution in [-0.2, 0) is 20.9 Å². The molecule has 2 atom stereocenters. The summed E-state index contributed by atoms with van der Waals surface area (Å²) in [6.45, 7) is 3.05. The fourth-order valence-corrected chi connectivity index (χ4v) is 5.31. The molecule has 0 radical (unpaired) electrons. The molecule has 1 aromatic heterocycles. The van der Waals surface area contributed by atoms with E-state index in [0.29, 0.717) is 13.2 Å². The Labute approximate surface area is 205 Å². The van der Waals surface area contributed by atoms with Crippen molar-refractivity contribution in [1.29, 1.82) is 0 Å². The number of fused-ring (bicyclic) bond motifs is 1. The third kappa shape index (κ3) is 5.22. The van der Waals surface area contributed by atoms with Gasteiger partial charge in [0.15, 0.2) is 0 Å². The summed E-state index contributed by atoms with van der Waals surface area (Å²) in [6.07, 6.45) is 5.96. The van der Waals surface area contributed by atoms with Crippen LogP contribution in [0.2, 0.25) is 0 Å². The molecule has 3 aromatic rings. The average molecular weight is 476 g/mol. The van der Waals surface area contributed by atoms with Gasteiger partial charge >= 0.3 is 0 Å². The quantitative estimate of drug-likeness (QED) is 0.538. The van der Waals surface area contributed by atoms with Crippen molar-refractivity contribution >= 4 is 22.8 Å². The van der Waals surface area contributed by atoms with E-state index in [9.17, 15) is 9.59 Å². The fourth-order valence-electron chi connectivity index (χ4n) is 5.31. The first kappa shape index (κ1) is 23.5. The van der Waals surface area contributed by atoms with Gasteiger partial charge < -0.3 is 15.0 Å². The standard InChI is InChI=1S/C27H33N5O3/c1-19-9-2-5-13-22(19)26(27(34)28-20-10-3-4-11-20)31(17-21-12-8-16-35-21)25(33)18-32-24-15-7-6-14-23(24)29-30-32/h2,5-7,9,13-15,20-21,26H,3-4,8,10-12,16-18H2,1H3,(H,28,34)/t21-,26+/m0/s1. The number of nitrogens with one attached hydrogen (secondary N) is 1. The van der Waals surface area contributed by atoms with Gasteiger partial charge in [-0.3, -0.25) is 9.59 Å². The summed E-state index contributed by atoms with van der Waals surface area (Å²) < 4.78 is 7.52. The van der Waals surface area contributed by atoms with Gasteiger partial charge in [-0.25, -0.2) is 4.68 Å². The number of hydrogen-bond donors (Lipinski definition) is 1. The van der Waals surface area contributed by atoms with Gasteiger partial charge in [0.2, 0.25) is 11.8 Å². The van der Waals surface area contributed by atoms with Crippen molar-refractivity contribution in [3.63, 3.8) is 0 Å². The molecule has 2 aromatic carbocycles. The fraction of sp³-hybridized carbons (Fsp3) is 0.481. The molecular weight excluding hydrogens is 442 g/mol. The minimum Gasteiger partial charge on any atom is -0.376 e. The maximum atomic E-state index is 13.9. The Morgan fingerprint density at radius 3 is 2.63 bits per heavy atom. The van der Waals surface area contributed by atoms with E-state index < -0.39 is 6.04 Å². The van der Waals surface area contributed by atoms with Crippen LogP contribution in [0.4, 0.5) is 0 Å². The number of rotatable bonds is 8. The zero-order chi connectivity index (χ0) is 24.2. The molecule has 2 fully saturated rings. The minimum absolute atomic E-state index is 0.00627. The molecule has 1 saturated heterocycles. The highest BCUT2D eigenvalue weighted by Gasteiger charge is 2.36. The van der Waals surface area contributed by atoms with Crippen molar-refractivity contribution in [2.24, 2.45) is 0 Å². The van der Waals surface area contributed by atoms with E-state index in [-0.39, 0.29) is 30.5 Å². The van der Waals surface area contributed by atoms with E-state index >= 15 is 0 Å². The molecule has 2 aliphatic rings. The van der Waals surface area contributed by atoms with Crippen LogP contribution in [0.1, 0.15) is 55.7 Å². The van der Waals surface area contributed by atoms with Gasteiger partial charge in [-0.15, -0.1) is 5.10 Å². The second-order valence-corrected chi connectivity index (χ2v) is 9.67. The zero-order valence-electron chi connectivity index (χ0n) is 20.2. The summed E-state index contributed by atoms with van der Waals surface area (Å²) >= 11 is 0. The Morgan fingerprint density at radius 1 is 1.09 bits per heavy atom. The first-order valence-electron chi connectivity index (χ1n) is 12.7. The monoisotopic (exact) mass is 475 g/mol. The number of carbonyl (C=O) groups is 2. The third-order valence-electron chi connectivity index (χ3n) is 7.19. The molecule has 184 valence electrons. The van der Waals surface area contributed by atoms with Crippen LogP contribution in [0.25, 0.3) is 11.0 Å². The molecule has 1 saturated carbocycles. The summed E-state index contributed by atoms with van der Waals surface area (Å²) in [5.41, 5.74) is 3.36. The van der Waals surface area contributed by atoms with Crippen LogP contribution in [0.15, 0.2) is 48.5 Å². The van der Waals surface area contributed by atoms with Crippen LogP contribution < -0.4 is 5.32 Å². The number of hydrogen-bond acceptors (Lipinski definition) is 5. The topological polar surface area (TPSA) is 89.4 Å². The molecule has 0 unspecified atom stereocenters. The summed E-state index contributed by atoms with van der Waals surface area (Å²) in [5, 5.41) is 11.7. The maximum absolute atomic E-state index is 13.9. The second-order valence-electron chi connectivity index (χ2n) is 9.67. The first-order valence-corrected chi connectivity index (χ1v) is 12.7. The molecule has 2 amide bonds. The van der Waals surface area contributed by atoms with Gasteiger partial charge in [0.25, 0.3) is 0 Å². The van der Waals surface area contributed by atoms with Crippen molar-refractivity contribution < 1.29 is 14.3 Å². The van der Waals surface area contributed by atoms with E-state index in [0.717, 1.165) is 60.7 Å². The number of nitrogens with zero attached hydrogens (tertiary/aromatic N) is 4. The van der Waals surface area contributed by atoms with Gasteiger partial charge in [-0.1, -0.05) is 54.5 Å². The van der Waals surface area contributed by atoms with Gasteiger partial charge in [-0.2, -0.15) is 0 Å². The Morgan fingerprint density at radius 2 is 1.86 bits per heavy atom. The summed E-state index contributed by atoms with van der Waals surface area (Å²) in [4.78, 5) is 29.4. The predicted molar refractivity (Wildman–Crippen MR) is 133 cm³/mol. The van der Waals surface area contributed by atoms with Crippen LogP contribution in [0.5, 0.6) is 0 Å². The highest BCUT2D eigenvalue weighted by Crippen LogP contribution is 2.29.